The Balaban J connectivity index is 2.76. The number of aromatic nitrogens is 1. The lowest BCUT2D eigenvalue weighted by Gasteiger charge is -1.87. The number of hydrogen-bond acceptors (Lipinski definition) is 3. The normalized spacial score (nSPS) is 10.8. The van der Waals surface area contributed by atoms with Crippen LogP contribution < -0.4 is 0 Å². The second-order valence-electron chi connectivity index (χ2n) is 2.60. The highest BCUT2D eigenvalue weighted by atomic mass is 16.5. The summed E-state index contributed by atoms with van der Waals surface area (Å²) in [7, 11) is 0. The van der Waals surface area contributed by atoms with Gasteiger partial charge < -0.3 is 9.63 Å². The Kier molecular flexibility index (Phi) is 3.25. The maximum absolute atomic E-state index is 10.6. The molecule has 0 spiro atoms. The minimum Gasteiger partial charge on any atom is -0.477 e. The van der Waals surface area contributed by atoms with Gasteiger partial charge in [0, 0.05) is 0 Å². The SMILES string of the molecule is CCC/C=C/c1oncc1C(=O)O. The molecule has 0 saturated heterocycles. The standard InChI is InChI=1S/C9H11NO3/c1-2-3-4-5-8-7(9(11)12)6-10-13-8/h4-6H,2-3H2,1H3,(H,11,12)/b5-4+. The maximum atomic E-state index is 10.6. The second-order valence-corrected chi connectivity index (χ2v) is 2.60. The topological polar surface area (TPSA) is 63.3 Å². The summed E-state index contributed by atoms with van der Waals surface area (Å²) in [4.78, 5) is 10.6. The summed E-state index contributed by atoms with van der Waals surface area (Å²) >= 11 is 0. The molecule has 70 valence electrons. The molecule has 1 heterocycles. The first-order valence-corrected chi connectivity index (χ1v) is 4.10. The molecule has 1 rings (SSSR count). The highest BCUT2D eigenvalue weighted by Crippen LogP contribution is 2.10. The van der Waals surface area contributed by atoms with Gasteiger partial charge in [-0.2, -0.15) is 0 Å². The van der Waals surface area contributed by atoms with E-state index in [9.17, 15) is 4.79 Å². The molecular formula is C9H11NO3. The minimum atomic E-state index is -1.02. The summed E-state index contributed by atoms with van der Waals surface area (Å²) in [5.74, 6) is -0.710. The Hall–Kier alpha value is -1.58. The third kappa shape index (κ3) is 2.43. The number of unbranched alkanes of at least 4 members (excludes halogenated alkanes) is 1. The average molecular weight is 181 g/mol. The molecule has 0 aromatic carbocycles. The zero-order chi connectivity index (χ0) is 9.68. The number of allylic oxidation sites excluding steroid dienone is 1. The molecule has 0 aliphatic heterocycles. The molecule has 13 heavy (non-hydrogen) atoms. The predicted octanol–water partition coefficient (Wildman–Crippen LogP) is 2.19. The van der Waals surface area contributed by atoms with E-state index in [1.165, 1.54) is 6.20 Å². The Morgan fingerprint density at radius 3 is 3.15 bits per heavy atom. The largest absolute Gasteiger partial charge is 0.477 e. The number of nitrogens with zero attached hydrogens (tertiary/aromatic N) is 1. The molecule has 0 aliphatic rings. The zero-order valence-corrected chi connectivity index (χ0v) is 7.36. The number of carboxylic acid groups (broad SMARTS) is 1. The van der Waals surface area contributed by atoms with Crippen molar-refractivity contribution >= 4 is 12.0 Å². The van der Waals surface area contributed by atoms with Gasteiger partial charge in [-0.05, 0) is 12.5 Å². The number of carbonyl (C=O) groups is 1. The van der Waals surface area contributed by atoms with Crippen molar-refractivity contribution in [1.82, 2.24) is 5.16 Å². The summed E-state index contributed by atoms with van der Waals surface area (Å²) in [6, 6.07) is 0. The number of hydrogen-bond donors (Lipinski definition) is 1. The van der Waals surface area contributed by atoms with Gasteiger partial charge in [0.25, 0.3) is 0 Å². The van der Waals surface area contributed by atoms with Crippen LogP contribution in [0.4, 0.5) is 0 Å². The Labute approximate surface area is 75.9 Å². The van der Waals surface area contributed by atoms with Crippen LogP contribution in [0.5, 0.6) is 0 Å². The molecule has 1 aromatic heterocycles. The fourth-order valence-corrected chi connectivity index (χ4v) is 0.886. The van der Waals surface area contributed by atoms with E-state index in [4.69, 9.17) is 9.63 Å². The van der Waals surface area contributed by atoms with Gasteiger partial charge in [-0.25, -0.2) is 4.79 Å². The Morgan fingerprint density at radius 2 is 2.54 bits per heavy atom. The van der Waals surface area contributed by atoms with Crippen molar-refractivity contribution in [2.75, 3.05) is 0 Å². The average Bonchev–Trinajstić information content (AvgIpc) is 2.53. The summed E-state index contributed by atoms with van der Waals surface area (Å²) in [6.45, 7) is 2.04. The quantitative estimate of drug-likeness (QED) is 0.773. The highest BCUT2D eigenvalue weighted by molar-refractivity contribution is 5.90. The summed E-state index contributed by atoms with van der Waals surface area (Å²) in [6.07, 6.45) is 6.63. The van der Waals surface area contributed by atoms with E-state index in [-0.39, 0.29) is 5.56 Å². The second kappa shape index (κ2) is 4.45. The first-order valence-electron chi connectivity index (χ1n) is 4.10. The zero-order valence-electron chi connectivity index (χ0n) is 7.36. The first-order chi connectivity index (χ1) is 6.25. The van der Waals surface area contributed by atoms with Crippen LogP contribution in [0.25, 0.3) is 6.08 Å². The van der Waals surface area contributed by atoms with Crippen LogP contribution in [0, 0.1) is 0 Å². The van der Waals surface area contributed by atoms with Crippen molar-refractivity contribution in [1.29, 1.82) is 0 Å². The monoisotopic (exact) mass is 181 g/mol. The molecule has 0 aliphatic carbocycles. The van der Waals surface area contributed by atoms with Gasteiger partial charge in [0.2, 0.25) is 0 Å². The molecule has 0 amide bonds. The maximum Gasteiger partial charge on any atom is 0.341 e. The first kappa shape index (κ1) is 9.51. The van der Waals surface area contributed by atoms with Crippen molar-refractivity contribution < 1.29 is 14.4 Å². The van der Waals surface area contributed by atoms with Crippen molar-refractivity contribution in [2.45, 2.75) is 19.8 Å². The molecule has 4 nitrogen and oxygen atoms in total. The van der Waals surface area contributed by atoms with Crippen LogP contribution in [0.15, 0.2) is 16.8 Å². The Bertz CT molecular complexity index is 314. The van der Waals surface area contributed by atoms with E-state index in [1.807, 2.05) is 13.0 Å². The fourth-order valence-electron chi connectivity index (χ4n) is 0.886. The molecule has 1 aromatic rings. The van der Waals surface area contributed by atoms with Gasteiger partial charge in [0.05, 0.1) is 6.20 Å². The van der Waals surface area contributed by atoms with Crippen LogP contribution in [0.1, 0.15) is 35.9 Å². The molecule has 0 unspecified atom stereocenters. The molecule has 0 saturated carbocycles. The van der Waals surface area contributed by atoms with Gasteiger partial charge in [-0.1, -0.05) is 24.6 Å². The Morgan fingerprint density at radius 1 is 1.77 bits per heavy atom. The van der Waals surface area contributed by atoms with Crippen LogP contribution >= 0.6 is 0 Å². The molecule has 0 radical (unpaired) electrons. The minimum absolute atomic E-state index is 0.104. The van der Waals surface area contributed by atoms with E-state index in [2.05, 4.69) is 5.16 Å². The van der Waals surface area contributed by atoms with E-state index in [1.54, 1.807) is 6.08 Å². The predicted molar refractivity (Wildman–Crippen MR) is 47.4 cm³/mol. The number of aromatic carboxylic acids is 1. The third-order valence-electron chi connectivity index (χ3n) is 1.55. The molecule has 0 fully saturated rings. The molecular weight excluding hydrogens is 170 g/mol. The van der Waals surface area contributed by atoms with Crippen molar-refractivity contribution in [3.63, 3.8) is 0 Å². The van der Waals surface area contributed by atoms with Gasteiger partial charge in [-0.3, -0.25) is 0 Å². The number of rotatable bonds is 4. The van der Waals surface area contributed by atoms with Gasteiger partial charge in [-0.15, -0.1) is 0 Å². The fraction of sp³-hybridized carbons (Fsp3) is 0.333. The van der Waals surface area contributed by atoms with E-state index >= 15 is 0 Å². The highest BCUT2D eigenvalue weighted by Gasteiger charge is 2.11. The van der Waals surface area contributed by atoms with E-state index < -0.39 is 5.97 Å². The van der Waals surface area contributed by atoms with Gasteiger partial charge >= 0.3 is 5.97 Å². The smallest absolute Gasteiger partial charge is 0.341 e. The molecule has 0 bridgehead atoms. The molecule has 1 N–H and O–H groups in total. The van der Waals surface area contributed by atoms with Gasteiger partial charge in [0.1, 0.15) is 5.56 Å². The van der Waals surface area contributed by atoms with E-state index in [0.717, 1.165) is 12.8 Å². The number of carboxylic acids is 1. The van der Waals surface area contributed by atoms with Crippen LogP contribution in [-0.2, 0) is 0 Å². The van der Waals surface area contributed by atoms with Crippen molar-refractivity contribution in [3.05, 3.63) is 23.6 Å². The molecule has 4 heteroatoms. The lowest BCUT2D eigenvalue weighted by molar-refractivity contribution is 0.0696. The van der Waals surface area contributed by atoms with Gasteiger partial charge in [0.15, 0.2) is 5.76 Å². The van der Waals surface area contributed by atoms with Crippen molar-refractivity contribution in [2.24, 2.45) is 0 Å². The molecule has 0 atom stereocenters. The lowest BCUT2D eigenvalue weighted by atomic mass is 10.2. The van der Waals surface area contributed by atoms with Crippen LogP contribution in [-0.4, -0.2) is 16.2 Å². The lowest BCUT2D eigenvalue weighted by Crippen LogP contribution is -1.95. The third-order valence-corrected chi connectivity index (χ3v) is 1.55. The summed E-state index contributed by atoms with van der Waals surface area (Å²) in [5, 5.41) is 12.1. The summed E-state index contributed by atoms with van der Waals surface area (Å²) < 4.78 is 4.75. The summed E-state index contributed by atoms with van der Waals surface area (Å²) in [5.41, 5.74) is 0.104. The van der Waals surface area contributed by atoms with Crippen molar-refractivity contribution in [3.8, 4) is 0 Å². The van der Waals surface area contributed by atoms with Crippen LogP contribution in [0.3, 0.4) is 0 Å². The van der Waals surface area contributed by atoms with Crippen LogP contribution in [0.2, 0.25) is 0 Å². The van der Waals surface area contributed by atoms with E-state index in [0.29, 0.717) is 5.76 Å².